The lowest BCUT2D eigenvalue weighted by Gasteiger charge is -2.22. The van der Waals surface area contributed by atoms with Crippen molar-refractivity contribution in [2.24, 2.45) is 4.99 Å². The number of halogens is 1. The first-order chi connectivity index (χ1) is 14.3. The molecule has 0 bridgehead atoms. The predicted molar refractivity (Wildman–Crippen MR) is 121 cm³/mol. The summed E-state index contributed by atoms with van der Waals surface area (Å²) in [6.45, 7) is 0.262. The van der Waals surface area contributed by atoms with Crippen LogP contribution in [0.1, 0.15) is 49.1 Å². The predicted octanol–water partition coefficient (Wildman–Crippen LogP) is 7.10. The van der Waals surface area contributed by atoms with Gasteiger partial charge in [-0.3, -0.25) is 0 Å². The van der Waals surface area contributed by atoms with Crippen molar-refractivity contribution < 1.29 is 9.47 Å². The standard InChI is InChI=1S/C23H21BrN2O2S/c24-19-11-22-21(27-14-28-22)10-18(19)12-25-23-26-20(13-29-23)17-8-6-16(7-9-17)15-4-2-1-3-5-15/h6-13,15H,1-5,14H2. The van der Waals surface area contributed by atoms with Gasteiger partial charge in [-0.05, 0) is 52.4 Å². The molecule has 0 saturated heterocycles. The maximum Gasteiger partial charge on any atom is 0.231 e. The van der Waals surface area contributed by atoms with Gasteiger partial charge in [0.15, 0.2) is 11.5 Å². The van der Waals surface area contributed by atoms with Gasteiger partial charge in [0.25, 0.3) is 0 Å². The van der Waals surface area contributed by atoms with Crippen molar-refractivity contribution in [2.75, 3.05) is 6.79 Å². The summed E-state index contributed by atoms with van der Waals surface area (Å²) in [5.74, 6) is 2.23. The number of hydrogen-bond acceptors (Lipinski definition) is 5. The van der Waals surface area contributed by atoms with Crippen LogP contribution in [0.2, 0.25) is 0 Å². The largest absolute Gasteiger partial charge is 0.454 e. The maximum absolute atomic E-state index is 5.44. The number of hydrogen-bond donors (Lipinski definition) is 0. The Labute approximate surface area is 182 Å². The minimum atomic E-state index is 0.262. The third kappa shape index (κ3) is 4.09. The van der Waals surface area contributed by atoms with Gasteiger partial charge in [0.05, 0.1) is 5.69 Å². The molecule has 0 amide bonds. The minimum absolute atomic E-state index is 0.262. The molecule has 1 aliphatic heterocycles. The van der Waals surface area contributed by atoms with Crippen LogP contribution in [0, 0.1) is 0 Å². The van der Waals surface area contributed by atoms with E-state index in [9.17, 15) is 0 Å². The van der Waals surface area contributed by atoms with E-state index in [4.69, 9.17) is 9.47 Å². The van der Waals surface area contributed by atoms with Crippen LogP contribution in [0.4, 0.5) is 5.13 Å². The third-order valence-corrected chi connectivity index (χ3v) is 7.02. The maximum atomic E-state index is 5.44. The quantitative estimate of drug-likeness (QED) is 0.383. The van der Waals surface area contributed by atoms with E-state index in [1.807, 2.05) is 12.1 Å². The molecule has 2 aromatic carbocycles. The zero-order valence-electron chi connectivity index (χ0n) is 15.9. The Balaban J connectivity index is 1.31. The molecule has 2 heterocycles. The molecule has 3 aromatic rings. The molecule has 148 valence electrons. The van der Waals surface area contributed by atoms with Crippen molar-refractivity contribution in [2.45, 2.75) is 38.0 Å². The highest BCUT2D eigenvalue weighted by Crippen LogP contribution is 2.37. The van der Waals surface area contributed by atoms with E-state index in [1.165, 1.54) is 37.7 Å². The Morgan fingerprint density at radius 1 is 1.03 bits per heavy atom. The van der Waals surface area contributed by atoms with Gasteiger partial charge in [-0.1, -0.05) is 43.5 Å². The van der Waals surface area contributed by atoms with Crippen molar-refractivity contribution in [1.29, 1.82) is 0 Å². The summed E-state index contributed by atoms with van der Waals surface area (Å²) in [6, 6.07) is 12.8. The molecule has 4 nitrogen and oxygen atoms in total. The highest BCUT2D eigenvalue weighted by molar-refractivity contribution is 9.10. The molecule has 0 radical (unpaired) electrons. The smallest absolute Gasteiger partial charge is 0.231 e. The van der Waals surface area contributed by atoms with Crippen LogP contribution in [-0.4, -0.2) is 18.0 Å². The van der Waals surface area contributed by atoms with E-state index in [0.717, 1.165) is 43.8 Å². The monoisotopic (exact) mass is 468 g/mol. The summed E-state index contributed by atoms with van der Waals surface area (Å²) < 4.78 is 11.8. The number of nitrogens with zero attached hydrogens (tertiary/aromatic N) is 2. The highest BCUT2D eigenvalue weighted by atomic mass is 79.9. The third-order valence-electron chi connectivity index (χ3n) is 5.58. The molecule has 1 aromatic heterocycles. The van der Waals surface area contributed by atoms with Crippen LogP contribution in [0.25, 0.3) is 11.3 Å². The first kappa shape index (κ1) is 18.8. The second-order valence-corrected chi connectivity index (χ2v) is 9.15. The van der Waals surface area contributed by atoms with E-state index < -0.39 is 0 Å². The lowest BCUT2D eigenvalue weighted by Crippen LogP contribution is -2.04. The fourth-order valence-electron chi connectivity index (χ4n) is 3.97. The summed E-state index contributed by atoms with van der Waals surface area (Å²) >= 11 is 5.11. The summed E-state index contributed by atoms with van der Waals surface area (Å²) in [5, 5.41) is 2.80. The van der Waals surface area contributed by atoms with E-state index in [1.54, 1.807) is 17.6 Å². The van der Waals surface area contributed by atoms with Crippen LogP contribution in [0.15, 0.2) is 51.2 Å². The fourth-order valence-corrected chi connectivity index (χ4v) is 5.07. The lowest BCUT2D eigenvalue weighted by atomic mass is 9.84. The van der Waals surface area contributed by atoms with Crippen LogP contribution >= 0.6 is 27.3 Å². The second-order valence-electron chi connectivity index (χ2n) is 7.46. The molecule has 0 spiro atoms. The Kier molecular flexibility index (Phi) is 5.38. The zero-order chi connectivity index (χ0) is 19.6. The molecular formula is C23H21BrN2O2S. The van der Waals surface area contributed by atoms with Gasteiger partial charge in [-0.15, -0.1) is 11.3 Å². The minimum Gasteiger partial charge on any atom is -0.454 e. The molecule has 0 N–H and O–H groups in total. The van der Waals surface area contributed by atoms with E-state index in [0.29, 0.717) is 0 Å². The Bertz CT molecular complexity index is 1040. The van der Waals surface area contributed by atoms with Gasteiger partial charge >= 0.3 is 0 Å². The fraction of sp³-hybridized carbons (Fsp3) is 0.304. The van der Waals surface area contributed by atoms with Gasteiger partial charge in [0, 0.05) is 27.2 Å². The second kappa shape index (κ2) is 8.28. The normalized spacial score (nSPS) is 16.6. The van der Waals surface area contributed by atoms with Crippen LogP contribution in [0.3, 0.4) is 0 Å². The van der Waals surface area contributed by atoms with Crippen molar-refractivity contribution in [3.8, 4) is 22.8 Å². The summed E-state index contributed by atoms with van der Waals surface area (Å²) in [4.78, 5) is 9.25. The van der Waals surface area contributed by atoms with E-state index in [-0.39, 0.29) is 6.79 Å². The van der Waals surface area contributed by atoms with Crippen molar-refractivity contribution in [1.82, 2.24) is 4.98 Å². The number of rotatable bonds is 4. The number of aliphatic imine (C=N–C) groups is 1. The van der Waals surface area contributed by atoms with Crippen molar-refractivity contribution in [3.05, 3.63) is 57.4 Å². The number of benzene rings is 2. The molecule has 1 fully saturated rings. The molecule has 0 atom stereocenters. The molecule has 5 rings (SSSR count). The number of fused-ring (bicyclic) bond motifs is 1. The zero-order valence-corrected chi connectivity index (χ0v) is 18.3. The number of thiazole rings is 1. The number of ether oxygens (including phenoxy) is 2. The summed E-state index contributed by atoms with van der Waals surface area (Å²) in [5.41, 5.74) is 4.52. The van der Waals surface area contributed by atoms with Gasteiger partial charge in [0.2, 0.25) is 11.9 Å². The van der Waals surface area contributed by atoms with Crippen LogP contribution in [-0.2, 0) is 0 Å². The van der Waals surface area contributed by atoms with Crippen molar-refractivity contribution >= 4 is 38.6 Å². The van der Waals surface area contributed by atoms with Crippen LogP contribution < -0.4 is 9.47 Å². The van der Waals surface area contributed by atoms with Gasteiger partial charge in [-0.2, -0.15) is 0 Å². The Morgan fingerprint density at radius 3 is 2.59 bits per heavy atom. The van der Waals surface area contributed by atoms with E-state index >= 15 is 0 Å². The van der Waals surface area contributed by atoms with Gasteiger partial charge < -0.3 is 9.47 Å². The summed E-state index contributed by atoms with van der Waals surface area (Å²) in [7, 11) is 0. The molecule has 2 aliphatic rings. The van der Waals surface area contributed by atoms with Gasteiger partial charge in [0.1, 0.15) is 0 Å². The number of aromatic nitrogens is 1. The molecule has 29 heavy (non-hydrogen) atoms. The topological polar surface area (TPSA) is 43.7 Å². The molecule has 0 unspecified atom stereocenters. The first-order valence-electron chi connectivity index (χ1n) is 9.95. The van der Waals surface area contributed by atoms with Gasteiger partial charge in [-0.25, -0.2) is 9.98 Å². The van der Waals surface area contributed by atoms with E-state index in [2.05, 4.69) is 55.6 Å². The first-order valence-corrected chi connectivity index (χ1v) is 11.6. The van der Waals surface area contributed by atoms with Crippen molar-refractivity contribution in [3.63, 3.8) is 0 Å². The average molecular weight is 469 g/mol. The SMILES string of the molecule is Brc1cc2c(cc1C=Nc1nc(-c3ccc(C4CCCCC4)cc3)cs1)OCO2. The highest BCUT2D eigenvalue weighted by Gasteiger charge is 2.16. The van der Waals surface area contributed by atoms with Crippen LogP contribution in [0.5, 0.6) is 11.5 Å². The molecule has 6 heteroatoms. The average Bonchev–Trinajstić information content (AvgIpc) is 3.42. The molecular weight excluding hydrogens is 448 g/mol. The Morgan fingerprint density at radius 2 is 1.79 bits per heavy atom. The molecule has 1 aliphatic carbocycles. The Hall–Kier alpha value is -2.18. The molecule has 1 saturated carbocycles. The lowest BCUT2D eigenvalue weighted by molar-refractivity contribution is 0.174. The summed E-state index contributed by atoms with van der Waals surface area (Å²) in [6.07, 6.45) is 8.56.